The van der Waals surface area contributed by atoms with E-state index in [1.165, 1.54) is 19.2 Å². The van der Waals surface area contributed by atoms with Crippen LogP contribution in [0.3, 0.4) is 0 Å². The lowest BCUT2D eigenvalue weighted by molar-refractivity contribution is -0.128. The van der Waals surface area contributed by atoms with Crippen LogP contribution in [0.1, 0.15) is 11.3 Å². The van der Waals surface area contributed by atoms with E-state index in [1.807, 2.05) is 18.2 Å². The van der Waals surface area contributed by atoms with Gasteiger partial charge in [-0.2, -0.15) is 8.78 Å². The largest absolute Gasteiger partial charge is 0.497 e. The second-order valence-corrected chi connectivity index (χ2v) is 6.52. The lowest BCUT2D eigenvalue weighted by Gasteiger charge is -2.19. The molecule has 0 atom stereocenters. The number of benzene rings is 1. The van der Waals surface area contributed by atoms with E-state index in [4.69, 9.17) is 4.74 Å². The Kier molecular flexibility index (Phi) is 12.3. The van der Waals surface area contributed by atoms with Gasteiger partial charge < -0.3 is 25.0 Å². The average molecular weight is 563 g/mol. The molecule has 2 N–H and O–H groups in total. The molecule has 2 aromatic rings. The van der Waals surface area contributed by atoms with Gasteiger partial charge in [-0.25, -0.2) is 0 Å². The highest BCUT2D eigenvalue weighted by molar-refractivity contribution is 14.0. The first-order chi connectivity index (χ1) is 14.9. The first-order valence-corrected chi connectivity index (χ1v) is 9.63. The van der Waals surface area contributed by atoms with Gasteiger partial charge in [0.05, 0.1) is 13.7 Å². The van der Waals surface area contributed by atoms with Crippen molar-refractivity contribution in [1.29, 1.82) is 0 Å². The van der Waals surface area contributed by atoms with Crippen LogP contribution >= 0.6 is 24.0 Å². The highest BCUT2D eigenvalue weighted by Gasteiger charge is 2.13. The van der Waals surface area contributed by atoms with Crippen molar-refractivity contribution in [2.75, 3.05) is 34.3 Å². The number of carbonyl (C=O) groups is 1. The molecular weight excluding hydrogens is 535 g/mol. The summed E-state index contributed by atoms with van der Waals surface area (Å²) in [6.07, 6.45) is 2.37. The van der Waals surface area contributed by atoms with Gasteiger partial charge in [0.15, 0.2) is 5.96 Å². The molecule has 0 bridgehead atoms. The maximum atomic E-state index is 12.6. The monoisotopic (exact) mass is 563 g/mol. The molecule has 0 spiro atoms. The van der Waals surface area contributed by atoms with Gasteiger partial charge in [-0.05, 0) is 30.3 Å². The number of aromatic nitrogens is 1. The zero-order valence-electron chi connectivity index (χ0n) is 18.2. The lowest BCUT2D eigenvalue weighted by atomic mass is 10.2. The Morgan fingerprint density at radius 1 is 1.25 bits per heavy atom. The molecule has 176 valence electrons. The Bertz CT molecular complexity index is 872. The summed E-state index contributed by atoms with van der Waals surface area (Å²) in [6, 6.07) is 10.2. The number of halogens is 3. The number of nitrogens with zero attached hydrogens (tertiary/aromatic N) is 3. The number of hydrogen-bond donors (Lipinski definition) is 2. The number of ether oxygens (including phenoxy) is 2. The minimum atomic E-state index is -2.94. The molecule has 0 unspecified atom stereocenters. The van der Waals surface area contributed by atoms with Crippen LogP contribution in [0.25, 0.3) is 0 Å². The number of likely N-dealkylation sites (N-methyl/N-ethyl adjacent to an activating group) is 1. The summed E-state index contributed by atoms with van der Waals surface area (Å²) < 4.78 is 35.0. The standard InChI is InChI=1S/C21H27F2N5O3.HI/c1-24-21(26-13-15-12-17(30-3)7-8-18(15)31-20(22)23)27-14-19(29)28(2)11-9-16-6-4-5-10-25-16;/h4-8,10,12,20H,9,11,13-14H2,1-3H3,(H2,24,26,27);1H. The summed E-state index contributed by atoms with van der Waals surface area (Å²) in [5, 5.41) is 5.90. The van der Waals surface area contributed by atoms with Crippen LogP contribution in [0.15, 0.2) is 47.6 Å². The molecule has 1 heterocycles. The van der Waals surface area contributed by atoms with Gasteiger partial charge in [0, 0.05) is 51.1 Å². The quantitative estimate of drug-likeness (QED) is 0.263. The van der Waals surface area contributed by atoms with Crippen LogP contribution in [0, 0.1) is 0 Å². The molecule has 0 aliphatic carbocycles. The van der Waals surface area contributed by atoms with E-state index >= 15 is 0 Å². The summed E-state index contributed by atoms with van der Waals surface area (Å²) in [5.41, 5.74) is 1.37. The van der Waals surface area contributed by atoms with Crippen LogP contribution in [-0.4, -0.2) is 62.7 Å². The van der Waals surface area contributed by atoms with Crippen LogP contribution in [0.2, 0.25) is 0 Å². The molecule has 0 aliphatic rings. The highest BCUT2D eigenvalue weighted by atomic mass is 127. The van der Waals surface area contributed by atoms with Crippen molar-refractivity contribution in [2.24, 2.45) is 4.99 Å². The second-order valence-electron chi connectivity index (χ2n) is 6.52. The van der Waals surface area contributed by atoms with Crippen molar-refractivity contribution in [2.45, 2.75) is 19.6 Å². The molecule has 1 aromatic carbocycles. The summed E-state index contributed by atoms with van der Waals surface area (Å²) >= 11 is 0. The Hall–Kier alpha value is -2.70. The SMILES string of the molecule is CN=C(NCC(=O)N(C)CCc1ccccn1)NCc1cc(OC)ccc1OC(F)F.I. The molecule has 1 amide bonds. The zero-order valence-corrected chi connectivity index (χ0v) is 20.5. The van der Waals surface area contributed by atoms with Crippen LogP contribution in [0.4, 0.5) is 8.78 Å². The molecule has 0 saturated heterocycles. The number of methoxy groups -OCH3 is 1. The van der Waals surface area contributed by atoms with Crippen molar-refractivity contribution in [3.63, 3.8) is 0 Å². The summed E-state index contributed by atoms with van der Waals surface area (Å²) in [5.74, 6) is 0.759. The number of hydrogen-bond acceptors (Lipinski definition) is 5. The maximum Gasteiger partial charge on any atom is 0.387 e. The third-order valence-corrected chi connectivity index (χ3v) is 4.42. The molecule has 2 rings (SSSR count). The van der Waals surface area contributed by atoms with E-state index < -0.39 is 6.61 Å². The molecule has 1 aromatic heterocycles. The van der Waals surface area contributed by atoms with Crippen LogP contribution in [0.5, 0.6) is 11.5 Å². The van der Waals surface area contributed by atoms with Gasteiger partial charge in [0.25, 0.3) is 0 Å². The number of rotatable bonds is 10. The predicted molar refractivity (Wildman–Crippen MR) is 129 cm³/mol. The predicted octanol–water partition coefficient (Wildman–Crippen LogP) is 2.68. The summed E-state index contributed by atoms with van der Waals surface area (Å²) in [6.45, 7) is -2.25. The van der Waals surface area contributed by atoms with E-state index in [0.717, 1.165) is 5.69 Å². The van der Waals surface area contributed by atoms with Crippen molar-refractivity contribution in [3.8, 4) is 11.5 Å². The molecule has 0 radical (unpaired) electrons. The molecule has 8 nitrogen and oxygen atoms in total. The van der Waals surface area contributed by atoms with Crippen LogP contribution < -0.4 is 20.1 Å². The number of guanidine groups is 1. The number of nitrogens with one attached hydrogen (secondary N) is 2. The lowest BCUT2D eigenvalue weighted by Crippen LogP contribution is -2.43. The first-order valence-electron chi connectivity index (χ1n) is 9.63. The van der Waals surface area contributed by atoms with Gasteiger partial charge in [0.2, 0.25) is 5.91 Å². The number of aliphatic imine (C=N–C) groups is 1. The van der Waals surface area contributed by atoms with Gasteiger partial charge in [0.1, 0.15) is 11.5 Å². The van der Waals surface area contributed by atoms with Gasteiger partial charge >= 0.3 is 6.61 Å². The Morgan fingerprint density at radius 3 is 2.66 bits per heavy atom. The Morgan fingerprint density at radius 2 is 2.03 bits per heavy atom. The molecule has 0 saturated carbocycles. The normalized spacial score (nSPS) is 10.9. The topological polar surface area (TPSA) is 88.1 Å². The molecule has 0 fully saturated rings. The van der Waals surface area contributed by atoms with E-state index in [9.17, 15) is 13.6 Å². The van der Waals surface area contributed by atoms with Crippen molar-refractivity contribution in [3.05, 3.63) is 53.9 Å². The smallest absolute Gasteiger partial charge is 0.387 e. The average Bonchev–Trinajstić information content (AvgIpc) is 2.78. The number of pyridine rings is 1. The fraction of sp³-hybridized carbons (Fsp3) is 0.381. The van der Waals surface area contributed by atoms with Gasteiger partial charge in [-0.1, -0.05) is 6.07 Å². The van der Waals surface area contributed by atoms with Crippen molar-refractivity contribution < 1.29 is 23.0 Å². The molecule has 32 heavy (non-hydrogen) atoms. The first kappa shape index (κ1) is 27.3. The molecule has 0 aliphatic heterocycles. The minimum absolute atomic E-state index is 0. The van der Waals surface area contributed by atoms with Crippen molar-refractivity contribution >= 4 is 35.8 Å². The summed E-state index contributed by atoms with van der Waals surface area (Å²) in [7, 11) is 4.75. The van der Waals surface area contributed by atoms with E-state index in [0.29, 0.717) is 30.2 Å². The highest BCUT2D eigenvalue weighted by Crippen LogP contribution is 2.25. The third-order valence-electron chi connectivity index (χ3n) is 4.42. The Balaban J connectivity index is 0.00000512. The third kappa shape index (κ3) is 9.20. The fourth-order valence-electron chi connectivity index (χ4n) is 2.68. The molecule has 11 heteroatoms. The van der Waals surface area contributed by atoms with Crippen LogP contribution in [-0.2, 0) is 17.8 Å². The van der Waals surface area contributed by atoms with Gasteiger partial charge in [-0.15, -0.1) is 24.0 Å². The number of alkyl halides is 2. The minimum Gasteiger partial charge on any atom is -0.497 e. The summed E-state index contributed by atoms with van der Waals surface area (Å²) in [4.78, 5) is 22.3. The molecular formula is C21H28F2IN5O3. The number of carbonyl (C=O) groups excluding carboxylic acids is 1. The number of amides is 1. The maximum absolute atomic E-state index is 12.6. The van der Waals surface area contributed by atoms with E-state index in [-0.39, 0.29) is 48.7 Å². The van der Waals surface area contributed by atoms with Gasteiger partial charge in [-0.3, -0.25) is 14.8 Å². The second kappa shape index (κ2) is 14.4. The van der Waals surface area contributed by atoms with E-state index in [1.54, 1.807) is 31.3 Å². The fourth-order valence-corrected chi connectivity index (χ4v) is 2.68. The Labute approximate surface area is 203 Å². The van der Waals surface area contributed by atoms with Crippen molar-refractivity contribution in [1.82, 2.24) is 20.5 Å². The zero-order chi connectivity index (χ0) is 22.6. The van der Waals surface area contributed by atoms with E-state index in [2.05, 4.69) is 25.3 Å².